The summed E-state index contributed by atoms with van der Waals surface area (Å²) < 4.78 is 14.6. The summed E-state index contributed by atoms with van der Waals surface area (Å²) in [4.78, 5) is 15.6. The zero-order valence-corrected chi connectivity index (χ0v) is 39.2. The van der Waals surface area contributed by atoms with Gasteiger partial charge in [0.1, 0.15) is 5.58 Å². The molecular formula is C64H39N5OS. The minimum Gasteiger partial charge on any atom is -0.454 e. The number of hydrogen-bond acceptors (Lipinski definition) is 5. The van der Waals surface area contributed by atoms with Crippen LogP contribution in [0, 0.1) is 6.92 Å². The molecule has 0 fully saturated rings. The molecule has 0 radical (unpaired) electrons. The molecule has 332 valence electrons. The standard InChI is InChI=1S/C64H39N5OS/c1-38-33-55(61-60(46-25-12-15-27-56(46)70-61)59(38)64-66-62(39-17-5-2-6-18-39)65-63(67-64)40-19-7-3-8-20-40)69-52-31-29-41(42-30-32-58-50(35-42)45-24-13-16-28-57(45)71-58)34-47(52)49-37-53-48(36-54(49)69)44-23-11-14-26-51(44)68(53)43-21-9-4-10-22-43/h2-37H,1H3. The highest BCUT2D eigenvalue weighted by atomic mass is 32.1. The van der Waals surface area contributed by atoms with Crippen molar-refractivity contribution in [2.24, 2.45) is 0 Å². The summed E-state index contributed by atoms with van der Waals surface area (Å²) in [6.07, 6.45) is 0. The number of benzene rings is 10. The smallest absolute Gasteiger partial charge is 0.165 e. The molecule has 15 aromatic rings. The third-order valence-corrected chi connectivity index (χ3v) is 15.4. The SMILES string of the molecule is Cc1cc(-n2c3ccc(-c4ccc5sc6ccccc6c5c4)cc3c3cc4c(cc32)c2ccccc2n4-c2ccccc2)c2oc3ccccc3c2c1-c1nc(-c2ccccc2)nc(-c2ccccc2)n1. The van der Waals surface area contributed by atoms with Gasteiger partial charge in [-0.05, 0) is 96.4 Å². The van der Waals surface area contributed by atoms with Gasteiger partial charge in [-0.25, -0.2) is 15.0 Å². The lowest BCUT2D eigenvalue weighted by Gasteiger charge is -2.15. The average Bonchev–Trinajstić information content (AvgIpc) is 4.18. The van der Waals surface area contributed by atoms with Gasteiger partial charge in [0, 0.05) is 74.9 Å². The lowest BCUT2D eigenvalue weighted by molar-refractivity contribution is 0.666. The van der Waals surface area contributed by atoms with Gasteiger partial charge in [0.25, 0.3) is 0 Å². The number of furan rings is 1. The Morgan fingerprint density at radius 1 is 0.380 bits per heavy atom. The quantitative estimate of drug-likeness (QED) is 0.167. The Balaban J connectivity index is 1.04. The fourth-order valence-corrected chi connectivity index (χ4v) is 12.2. The lowest BCUT2D eigenvalue weighted by Crippen LogP contribution is -2.03. The van der Waals surface area contributed by atoms with Crippen LogP contribution in [0.3, 0.4) is 0 Å². The first-order chi connectivity index (χ1) is 35.1. The number of hydrogen-bond donors (Lipinski definition) is 0. The highest BCUT2D eigenvalue weighted by molar-refractivity contribution is 7.25. The second-order valence-corrected chi connectivity index (χ2v) is 19.5. The first-order valence-corrected chi connectivity index (χ1v) is 24.7. The van der Waals surface area contributed by atoms with Crippen LogP contribution in [0.15, 0.2) is 223 Å². The van der Waals surface area contributed by atoms with Crippen LogP contribution in [0.2, 0.25) is 0 Å². The highest BCUT2D eigenvalue weighted by Crippen LogP contribution is 2.46. The van der Waals surface area contributed by atoms with Crippen molar-refractivity contribution in [3.05, 3.63) is 224 Å². The predicted molar refractivity (Wildman–Crippen MR) is 295 cm³/mol. The third kappa shape index (κ3) is 6.10. The fraction of sp³-hybridized carbons (Fsp3) is 0.0156. The molecule has 0 saturated carbocycles. The molecule has 0 aliphatic rings. The zero-order chi connectivity index (χ0) is 46.7. The maximum Gasteiger partial charge on any atom is 0.165 e. The Bertz CT molecular complexity index is 4580. The second-order valence-electron chi connectivity index (χ2n) is 18.4. The maximum atomic E-state index is 7.14. The minimum atomic E-state index is 0.593. The van der Waals surface area contributed by atoms with Crippen molar-refractivity contribution in [1.29, 1.82) is 0 Å². The monoisotopic (exact) mass is 925 g/mol. The van der Waals surface area contributed by atoms with E-state index >= 15 is 0 Å². The molecule has 0 N–H and O–H groups in total. The van der Waals surface area contributed by atoms with Crippen LogP contribution in [-0.2, 0) is 0 Å². The molecule has 7 heteroatoms. The zero-order valence-electron chi connectivity index (χ0n) is 38.3. The van der Waals surface area contributed by atoms with Gasteiger partial charge in [-0.15, -0.1) is 11.3 Å². The summed E-state index contributed by atoms with van der Waals surface area (Å²) in [5.41, 5.74) is 14.2. The van der Waals surface area contributed by atoms with E-state index in [1.54, 1.807) is 0 Å². The van der Waals surface area contributed by atoms with Crippen molar-refractivity contribution in [1.82, 2.24) is 24.1 Å². The summed E-state index contributed by atoms with van der Waals surface area (Å²) in [7, 11) is 0. The molecule has 6 nitrogen and oxygen atoms in total. The Morgan fingerprint density at radius 3 is 1.66 bits per heavy atom. The number of nitrogens with zero attached hydrogens (tertiary/aromatic N) is 5. The van der Waals surface area contributed by atoms with Gasteiger partial charge >= 0.3 is 0 Å². The number of aryl methyl sites for hydroxylation is 1. The molecule has 5 heterocycles. The number of aromatic nitrogens is 5. The Morgan fingerprint density at radius 2 is 0.915 bits per heavy atom. The minimum absolute atomic E-state index is 0.593. The summed E-state index contributed by atoms with van der Waals surface area (Å²) in [5, 5.41) is 9.22. The summed E-state index contributed by atoms with van der Waals surface area (Å²) >= 11 is 1.85. The predicted octanol–water partition coefficient (Wildman–Crippen LogP) is 17.3. The van der Waals surface area contributed by atoms with Crippen LogP contribution < -0.4 is 0 Å². The van der Waals surface area contributed by atoms with Crippen molar-refractivity contribution in [2.45, 2.75) is 6.92 Å². The van der Waals surface area contributed by atoms with E-state index in [4.69, 9.17) is 19.4 Å². The van der Waals surface area contributed by atoms with E-state index in [1.165, 1.54) is 36.5 Å². The fourth-order valence-electron chi connectivity index (χ4n) is 11.1. The molecule has 15 rings (SSSR count). The highest BCUT2D eigenvalue weighted by Gasteiger charge is 2.26. The third-order valence-electron chi connectivity index (χ3n) is 14.3. The molecule has 0 unspecified atom stereocenters. The van der Waals surface area contributed by atoms with Gasteiger partial charge in [0.15, 0.2) is 23.1 Å². The number of fused-ring (bicyclic) bond motifs is 12. The van der Waals surface area contributed by atoms with Gasteiger partial charge in [-0.2, -0.15) is 0 Å². The summed E-state index contributed by atoms with van der Waals surface area (Å²) in [5.74, 6) is 1.82. The first kappa shape index (κ1) is 39.8. The molecule has 0 bridgehead atoms. The van der Waals surface area contributed by atoms with Crippen LogP contribution in [0.4, 0.5) is 0 Å². The maximum absolute atomic E-state index is 7.14. The van der Waals surface area contributed by atoms with Gasteiger partial charge < -0.3 is 13.6 Å². The number of para-hydroxylation sites is 3. The normalized spacial score (nSPS) is 12.0. The van der Waals surface area contributed by atoms with Gasteiger partial charge in [-0.1, -0.05) is 146 Å². The van der Waals surface area contributed by atoms with E-state index in [2.05, 4.69) is 192 Å². The van der Waals surface area contributed by atoms with E-state index in [9.17, 15) is 0 Å². The molecule has 0 aliphatic carbocycles. The first-order valence-electron chi connectivity index (χ1n) is 23.9. The van der Waals surface area contributed by atoms with Crippen molar-refractivity contribution >= 4 is 97.1 Å². The molecule has 71 heavy (non-hydrogen) atoms. The van der Waals surface area contributed by atoms with E-state index in [0.717, 1.165) is 94.0 Å². The molecule has 5 aromatic heterocycles. The molecule has 0 spiro atoms. The summed E-state index contributed by atoms with van der Waals surface area (Å²) in [6, 6.07) is 77.8. The van der Waals surface area contributed by atoms with Crippen LogP contribution in [-0.4, -0.2) is 24.1 Å². The largest absolute Gasteiger partial charge is 0.454 e. The van der Waals surface area contributed by atoms with E-state index in [1.807, 2.05) is 53.8 Å². The van der Waals surface area contributed by atoms with E-state index in [0.29, 0.717) is 17.5 Å². The lowest BCUT2D eigenvalue weighted by atomic mass is 9.98. The van der Waals surface area contributed by atoms with Gasteiger partial charge in [0.05, 0.1) is 27.8 Å². The van der Waals surface area contributed by atoms with Crippen LogP contribution in [0.1, 0.15) is 5.56 Å². The average molecular weight is 926 g/mol. The number of rotatable bonds is 6. The van der Waals surface area contributed by atoms with Crippen LogP contribution in [0.25, 0.3) is 142 Å². The summed E-state index contributed by atoms with van der Waals surface area (Å²) in [6.45, 7) is 2.18. The van der Waals surface area contributed by atoms with Crippen molar-refractivity contribution in [3.8, 4) is 56.7 Å². The van der Waals surface area contributed by atoms with Gasteiger partial charge in [-0.3, -0.25) is 0 Å². The topological polar surface area (TPSA) is 61.7 Å². The molecule has 0 saturated heterocycles. The van der Waals surface area contributed by atoms with Gasteiger partial charge in [0.2, 0.25) is 0 Å². The van der Waals surface area contributed by atoms with Crippen molar-refractivity contribution in [3.63, 3.8) is 0 Å². The van der Waals surface area contributed by atoms with E-state index < -0.39 is 0 Å². The van der Waals surface area contributed by atoms with Crippen LogP contribution in [0.5, 0.6) is 0 Å². The van der Waals surface area contributed by atoms with E-state index in [-0.39, 0.29) is 0 Å². The second kappa shape index (κ2) is 15.4. The van der Waals surface area contributed by atoms with Crippen molar-refractivity contribution in [2.75, 3.05) is 0 Å². The molecule has 0 amide bonds. The van der Waals surface area contributed by atoms with Crippen molar-refractivity contribution < 1.29 is 4.42 Å². The Kier molecular flexibility index (Phi) is 8.64. The Hall–Kier alpha value is -9.17. The Labute approximate surface area is 411 Å². The molecular weight excluding hydrogens is 887 g/mol. The number of thiophene rings is 1. The van der Waals surface area contributed by atoms with Crippen LogP contribution >= 0.6 is 11.3 Å². The molecule has 10 aromatic carbocycles. The molecule has 0 aliphatic heterocycles. The molecule has 0 atom stereocenters.